The fourth-order valence-corrected chi connectivity index (χ4v) is 4.82. The van der Waals surface area contributed by atoms with Crippen LogP contribution in [0.25, 0.3) is 0 Å². The van der Waals surface area contributed by atoms with Crippen LogP contribution in [0.2, 0.25) is 4.34 Å². The van der Waals surface area contributed by atoms with Gasteiger partial charge in [0.2, 0.25) is 16.0 Å². The van der Waals surface area contributed by atoms with Crippen LogP contribution in [-0.2, 0) is 21.3 Å². The SMILES string of the molecule is Cc1cc(CNS(=O)(=O)c2ccc(Cl)s2)nc(N2CCOCC2)n1. The Labute approximate surface area is 149 Å². The van der Waals surface area contributed by atoms with E-state index in [1.165, 1.54) is 6.07 Å². The molecule has 1 fully saturated rings. The lowest BCUT2D eigenvalue weighted by Crippen LogP contribution is -2.37. The molecule has 130 valence electrons. The zero-order valence-electron chi connectivity index (χ0n) is 13.0. The number of halogens is 1. The standard InChI is InChI=1S/C14H17ClN4O3S2/c1-10-8-11(18-14(17-10)19-4-6-22-7-5-19)9-16-24(20,21)13-3-2-12(15)23-13/h2-3,8,16H,4-7,9H2,1H3. The van der Waals surface area contributed by atoms with Crippen LogP contribution in [0, 0.1) is 6.92 Å². The maximum atomic E-state index is 12.3. The highest BCUT2D eigenvalue weighted by Gasteiger charge is 2.18. The van der Waals surface area contributed by atoms with E-state index in [0.29, 0.717) is 29.2 Å². The van der Waals surface area contributed by atoms with Crippen molar-refractivity contribution in [1.82, 2.24) is 14.7 Å². The lowest BCUT2D eigenvalue weighted by atomic mass is 10.3. The van der Waals surface area contributed by atoms with E-state index >= 15 is 0 Å². The Hall–Kier alpha value is -1.26. The molecule has 2 aromatic rings. The number of morpholine rings is 1. The number of anilines is 1. The van der Waals surface area contributed by atoms with E-state index in [4.69, 9.17) is 16.3 Å². The summed E-state index contributed by atoms with van der Waals surface area (Å²) in [6.07, 6.45) is 0. The minimum Gasteiger partial charge on any atom is -0.378 e. The zero-order valence-corrected chi connectivity index (χ0v) is 15.4. The van der Waals surface area contributed by atoms with E-state index in [9.17, 15) is 8.42 Å². The number of hydrogen-bond donors (Lipinski definition) is 1. The second-order valence-electron chi connectivity index (χ2n) is 5.28. The van der Waals surface area contributed by atoms with Crippen molar-refractivity contribution >= 4 is 38.9 Å². The molecule has 0 atom stereocenters. The van der Waals surface area contributed by atoms with Crippen molar-refractivity contribution in [2.75, 3.05) is 31.2 Å². The summed E-state index contributed by atoms with van der Waals surface area (Å²) in [5.41, 5.74) is 1.41. The van der Waals surface area contributed by atoms with Crippen molar-refractivity contribution in [3.8, 4) is 0 Å². The minimum atomic E-state index is -3.60. The summed E-state index contributed by atoms with van der Waals surface area (Å²) < 4.78 is 33.0. The molecule has 0 unspecified atom stereocenters. The lowest BCUT2D eigenvalue weighted by Gasteiger charge is -2.27. The van der Waals surface area contributed by atoms with E-state index in [1.807, 2.05) is 11.8 Å². The summed E-state index contributed by atoms with van der Waals surface area (Å²) in [6.45, 7) is 4.68. The molecular formula is C14H17ClN4O3S2. The van der Waals surface area contributed by atoms with Crippen LogP contribution in [0.5, 0.6) is 0 Å². The summed E-state index contributed by atoms with van der Waals surface area (Å²) in [5, 5.41) is 0. The molecule has 24 heavy (non-hydrogen) atoms. The Kier molecular flexibility index (Phi) is 5.36. The van der Waals surface area contributed by atoms with Crippen molar-refractivity contribution in [2.24, 2.45) is 0 Å². The van der Waals surface area contributed by atoms with Crippen LogP contribution in [0.15, 0.2) is 22.4 Å². The number of hydrogen-bond acceptors (Lipinski definition) is 7. The molecular weight excluding hydrogens is 372 g/mol. The van der Waals surface area contributed by atoms with Gasteiger partial charge in [0, 0.05) is 18.8 Å². The van der Waals surface area contributed by atoms with Crippen molar-refractivity contribution in [3.05, 3.63) is 33.9 Å². The fraction of sp³-hybridized carbons (Fsp3) is 0.429. The third kappa shape index (κ3) is 4.22. The minimum absolute atomic E-state index is 0.0958. The maximum absolute atomic E-state index is 12.3. The molecule has 7 nitrogen and oxygen atoms in total. The van der Waals surface area contributed by atoms with Gasteiger partial charge < -0.3 is 9.64 Å². The summed E-state index contributed by atoms with van der Waals surface area (Å²) in [7, 11) is -3.60. The molecule has 3 rings (SSSR count). The van der Waals surface area contributed by atoms with E-state index < -0.39 is 10.0 Å². The van der Waals surface area contributed by atoms with Gasteiger partial charge in [-0.15, -0.1) is 11.3 Å². The van der Waals surface area contributed by atoms with E-state index in [1.54, 1.807) is 12.1 Å². The molecule has 0 aromatic carbocycles. The number of aromatic nitrogens is 2. The van der Waals surface area contributed by atoms with Gasteiger partial charge in [-0.1, -0.05) is 11.6 Å². The summed E-state index contributed by atoms with van der Waals surface area (Å²) in [4.78, 5) is 10.9. The van der Waals surface area contributed by atoms with Crippen LogP contribution in [0.1, 0.15) is 11.4 Å². The average Bonchev–Trinajstić information content (AvgIpc) is 3.01. The molecule has 3 heterocycles. The molecule has 0 bridgehead atoms. The van der Waals surface area contributed by atoms with Gasteiger partial charge in [0.1, 0.15) is 4.21 Å². The first-order valence-electron chi connectivity index (χ1n) is 7.36. The van der Waals surface area contributed by atoms with E-state index in [-0.39, 0.29) is 10.8 Å². The van der Waals surface area contributed by atoms with Crippen molar-refractivity contribution in [2.45, 2.75) is 17.7 Å². The predicted molar refractivity (Wildman–Crippen MR) is 93.2 cm³/mol. The van der Waals surface area contributed by atoms with Gasteiger partial charge in [0.25, 0.3) is 0 Å². The highest BCUT2D eigenvalue weighted by Crippen LogP contribution is 2.25. The first-order valence-corrected chi connectivity index (χ1v) is 10.0. The molecule has 0 saturated carbocycles. The summed E-state index contributed by atoms with van der Waals surface area (Å²) >= 11 is 6.82. The quantitative estimate of drug-likeness (QED) is 0.840. The Bertz CT molecular complexity index is 819. The normalized spacial score (nSPS) is 15.7. The number of rotatable bonds is 5. The number of nitrogens with one attached hydrogen (secondary N) is 1. The maximum Gasteiger partial charge on any atom is 0.250 e. The first kappa shape index (κ1) is 17.6. The largest absolute Gasteiger partial charge is 0.378 e. The van der Waals surface area contributed by atoms with Crippen LogP contribution in [0.4, 0.5) is 5.95 Å². The van der Waals surface area contributed by atoms with Gasteiger partial charge in [-0.3, -0.25) is 0 Å². The van der Waals surface area contributed by atoms with Crippen LogP contribution in [0.3, 0.4) is 0 Å². The average molecular weight is 389 g/mol. The van der Waals surface area contributed by atoms with Gasteiger partial charge in [-0.2, -0.15) is 0 Å². The Morgan fingerprint density at radius 2 is 2.08 bits per heavy atom. The molecule has 2 aromatic heterocycles. The molecule has 1 aliphatic heterocycles. The smallest absolute Gasteiger partial charge is 0.250 e. The Balaban J connectivity index is 1.74. The highest BCUT2D eigenvalue weighted by molar-refractivity contribution is 7.91. The second kappa shape index (κ2) is 7.32. The molecule has 0 amide bonds. The third-order valence-electron chi connectivity index (χ3n) is 3.45. The first-order chi connectivity index (χ1) is 11.4. The molecule has 0 spiro atoms. The van der Waals surface area contributed by atoms with Crippen molar-refractivity contribution in [3.63, 3.8) is 0 Å². The summed E-state index contributed by atoms with van der Waals surface area (Å²) in [6, 6.07) is 4.82. The Morgan fingerprint density at radius 3 is 2.75 bits per heavy atom. The van der Waals surface area contributed by atoms with Crippen molar-refractivity contribution in [1.29, 1.82) is 0 Å². The monoisotopic (exact) mass is 388 g/mol. The van der Waals surface area contributed by atoms with Crippen LogP contribution >= 0.6 is 22.9 Å². The highest BCUT2D eigenvalue weighted by atomic mass is 35.5. The second-order valence-corrected chi connectivity index (χ2v) is 8.99. The Morgan fingerprint density at radius 1 is 1.33 bits per heavy atom. The van der Waals surface area contributed by atoms with Gasteiger partial charge in [0.05, 0.1) is 29.8 Å². The molecule has 1 N–H and O–H groups in total. The lowest BCUT2D eigenvalue weighted by molar-refractivity contribution is 0.122. The molecule has 1 aliphatic rings. The molecule has 0 radical (unpaired) electrons. The topological polar surface area (TPSA) is 84.4 Å². The van der Waals surface area contributed by atoms with Gasteiger partial charge in [-0.05, 0) is 25.1 Å². The fourth-order valence-electron chi connectivity index (χ4n) is 2.29. The van der Waals surface area contributed by atoms with E-state index in [0.717, 1.165) is 30.1 Å². The molecule has 0 aliphatic carbocycles. The van der Waals surface area contributed by atoms with Gasteiger partial charge in [0.15, 0.2) is 0 Å². The summed E-state index contributed by atoms with van der Waals surface area (Å²) in [5.74, 6) is 0.603. The van der Waals surface area contributed by atoms with Gasteiger partial charge in [-0.25, -0.2) is 23.1 Å². The number of nitrogens with zero attached hydrogens (tertiary/aromatic N) is 3. The molecule has 1 saturated heterocycles. The number of ether oxygens (including phenoxy) is 1. The third-order valence-corrected chi connectivity index (χ3v) is 6.57. The van der Waals surface area contributed by atoms with E-state index in [2.05, 4.69) is 14.7 Å². The predicted octanol–water partition coefficient (Wildman–Crippen LogP) is 1.82. The number of aryl methyl sites for hydroxylation is 1. The number of thiophene rings is 1. The van der Waals surface area contributed by atoms with Crippen LogP contribution < -0.4 is 9.62 Å². The zero-order chi connectivity index (χ0) is 17.2. The number of sulfonamides is 1. The molecule has 10 heteroatoms. The van der Waals surface area contributed by atoms with Crippen LogP contribution in [-0.4, -0.2) is 44.7 Å². The van der Waals surface area contributed by atoms with Gasteiger partial charge >= 0.3 is 0 Å². The van der Waals surface area contributed by atoms with Crippen molar-refractivity contribution < 1.29 is 13.2 Å².